The number of benzene rings is 1. The van der Waals surface area contributed by atoms with Gasteiger partial charge in [0.2, 0.25) is 5.95 Å². The fourth-order valence-electron chi connectivity index (χ4n) is 5.49. The molecule has 1 aromatic carbocycles. The third kappa shape index (κ3) is 3.19. The molecule has 0 amide bonds. The van der Waals surface area contributed by atoms with Crippen LogP contribution in [0.4, 0.5) is 16.0 Å². The lowest BCUT2D eigenvalue weighted by atomic mass is 9.76. The standard InChI is InChI=1S/C21H25FN4OS/c22-17-9-24-21-25-13-3-1-2-11(4-13)19(27)10-28-20-6-12-5-15(20)14(16(12)8-23)7-18(17)26-21/h1-4,9,12,14-16,19-20,27H,5-8,10,23H2,(H,24,25,26)/t12-,14-,15+,16+,19?,20-/m1/s1. The maximum Gasteiger partial charge on any atom is 0.227 e. The molecule has 2 heterocycles. The molecule has 1 aliphatic heterocycles. The van der Waals surface area contributed by atoms with E-state index in [1.165, 1.54) is 6.20 Å². The number of anilines is 2. The van der Waals surface area contributed by atoms with Crippen LogP contribution >= 0.6 is 11.8 Å². The number of nitrogens with two attached hydrogens (primary N) is 1. The first kappa shape index (κ1) is 18.3. The molecule has 5 rings (SSSR count). The first-order valence-corrected chi connectivity index (χ1v) is 11.1. The molecule has 2 aliphatic carbocycles. The summed E-state index contributed by atoms with van der Waals surface area (Å²) in [6.07, 6.45) is 3.66. The summed E-state index contributed by atoms with van der Waals surface area (Å²) in [7, 11) is 0. The van der Waals surface area contributed by atoms with Gasteiger partial charge in [0.05, 0.1) is 18.0 Å². The molecule has 1 aromatic heterocycles. The van der Waals surface area contributed by atoms with Crippen molar-refractivity contribution < 1.29 is 9.50 Å². The first-order chi connectivity index (χ1) is 13.6. The Hall–Kier alpha value is -1.70. The largest absolute Gasteiger partial charge is 0.388 e. The van der Waals surface area contributed by atoms with Crippen LogP contribution in [-0.2, 0) is 6.42 Å². The van der Waals surface area contributed by atoms with Gasteiger partial charge in [-0.25, -0.2) is 14.4 Å². The van der Waals surface area contributed by atoms with Gasteiger partial charge in [0.1, 0.15) is 0 Å². The average molecular weight is 401 g/mol. The van der Waals surface area contributed by atoms with E-state index in [-0.39, 0.29) is 5.82 Å². The minimum absolute atomic E-state index is 0.343. The zero-order valence-electron chi connectivity index (χ0n) is 15.6. The second-order valence-electron chi connectivity index (χ2n) is 8.29. The molecule has 0 radical (unpaired) electrons. The summed E-state index contributed by atoms with van der Waals surface area (Å²) in [4.78, 5) is 8.60. The SMILES string of the molecule is NC[C@H]1[C@@H]2C[C@H]3[C@H]1Cc1nc(ncc1F)Nc1cccc(c1)C(O)CS[C@@H]3C2. The number of rotatable bonds is 1. The maximum atomic E-state index is 14.5. The maximum absolute atomic E-state index is 14.5. The molecule has 5 nitrogen and oxygen atoms in total. The molecule has 0 spiro atoms. The monoisotopic (exact) mass is 400 g/mol. The van der Waals surface area contributed by atoms with Gasteiger partial charge in [-0.2, -0.15) is 11.8 Å². The summed E-state index contributed by atoms with van der Waals surface area (Å²) < 4.78 is 14.5. The molecule has 3 aliphatic rings. The molecule has 2 fully saturated rings. The van der Waals surface area contributed by atoms with Crippen molar-refractivity contribution in [3.8, 4) is 0 Å². The summed E-state index contributed by atoms with van der Waals surface area (Å²) in [6.45, 7) is 0.647. The molecular formula is C21H25FN4OS. The molecule has 2 aromatic rings. The van der Waals surface area contributed by atoms with E-state index in [2.05, 4.69) is 15.3 Å². The lowest BCUT2D eigenvalue weighted by Gasteiger charge is -2.35. The average Bonchev–Trinajstić information content (AvgIpc) is 3.26. The van der Waals surface area contributed by atoms with Gasteiger partial charge >= 0.3 is 0 Å². The molecule has 7 heteroatoms. The van der Waals surface area contributed by atoms with Gasteiger partial charge in [-0.1, -0.05) is 12.1 Å². The van der Waals surface area contributed by atoms with Crippen LogP contribution in [0.15, 0.2) is 30.5 Å². The van der Waals surface area contributed by atoms with Crippen LogP contribution in [0.2, 0.25) is 0 Å². The Labute approximate surface area is 168 Å². The van der Waals surface area contributed by atoms with E-state index in [0.717, 1.165) is 24.1 Å². The Kier molecular flexibility index (Phi) is 4.77. The lowest BCUT2D eigenvalue weighted by Crippen LogP contribution is -2.36. The summed E-state index contributed by atoms with van der Waals surface area (Å²) in [5.41, 5.74) is 8.25. The third-order valence-electron chi connectivity index (χ3n) is 6.81. The van der Waals surface area contributed by atoms with Gasteiger partial charge in [-0.3, -0.25) is 0 Å². The Morgan fingerprint density at radius 3 is 3.04 bits per heavy atom. The number of hydrogen-bond donors (Lipinski definition) is 3. The zero-order valence-corrected chi connectivity index (χ0v) is 16.4. The molecule has 1 unspecified atom stereocenters. The molecule has 6 atom stereocenters. The number of aromatic nitrogens is 2. The summed E-state index contributed by atoms with van der Waals surface area (Å²) in [6, 6.07) is 7.65. The van der Waals surface area contributed by atoms with Crippen LogP contribution in [0.3, 0.4) is 0 Å². The fraction of sp³-hybridized carbons (Fsp3) is 0.524. The molecule has 148 valence electrons. The fourth-order valence-corrected chi connectivity index (χ4v) is 7.06. The summed E-state index contributed by atoms with van der Waals surface area (Å²) >= 11 is 1.86. The number of aliphatic hydroxyl groups is 1. The number of fused-ring (bicyclic) bond motifs is 5. The van der Waals surface area contributed by atoms with E-state index >= 15 is 0 Å². The molecule has 0 saturated heterocycles. The second kappa shape index (κ2) is 7.28. The van der Waals surface area contributed by atoms with Gasteiger partial charge in [0.15, 0.2) is 5.82 Å². The number of thioether (sulfide) groups is 1. The molecular weight excluding hydrogens is 375 g/mol. The van der Waals surface area contributed by atoms with Crippen molar-refractivity contribution in [1.82, 2.24) is 9.97 Å². The highest BCUT2D eigenvalue weighted by Gasteiger charge is 2.52. The predicted molar refractivity (Wildman–Crippen MR) is 109 cm³/mol. The molecule has 6 bridgehead atoms. The first-order valence-electron chi connectivity index (χ1n) is 10.0. The number of nitrogens with one attached hydrogen (secondary N) is 1. The highest BCUT2D eigenvalue weighted by molar-refractivity contribution is 7.99. The summed E-state index contributed by atoms with van der Waals surface area (Å²) in [5.74, 6) is 2.61. The highest BCUT2D eigenvalue weighted by atomic mass is 32.2. The summed E-state index contributed by atoms with van der Waals surface area (Å²) in [5, 5.41) is 14.4. The van der Waals surface area contributed by atoms with Crippen LogP contribution < -0.4 is 11.1 Å². The smallest absolute Gasteiger partial charge is 0.227 e. The van der Waals surface area contributed by atoms with Gasteiger partial charge in [0, 0.05) is 16.7 Å². The normalized spacial score (nSPS) is 34.0. The Morgan fingerprint density at radius 1 is 1.29 bits per heavy atom. The third-order valence-corrected chi connectivity index (χ3v) is 8.28. The second-order valence-corrected chi connectivity index (χ2v) is 9.56. The van der Waals surface area contributed by atoms with E-state index in [1.807, 2.05) is 36.0 Å². The number of nitrogens with zero attached hydrogens (tertiary/aromatic N) is 2. The van der Waals surface area contributed by atoms with Crippen LogP contribution in [0.25, 0.3) is 0 Å². The number of hydrogen-bond acceptors (Lipinski definition) is 6. The molecule has 28 heavy (non-hydrogen) atoms. The van der Waals surface area contributed by atoms with Crippen molar-refractivity contribution in [2.24, 2.45) is 29.4 Å². The Balaban J connectivity index is 1.54. The zero-order chi connectivity index (χ0) is 19.3. The number of aliphatic hydroxyl groups excluding tert-OH is 1. The highest BCUT2D eigenvalue weighted by Crippen LogP contribution is 2.56. The van der Waals surface area contributed by atoms with E-state index in [9.17, 15) is 9.50 Å². The van der Waals surface area contributed by atoms with Crippen molar-refractivity contribution in [2.45, 2.75) is 30.6 Å². The van der Waals surface area contributed by atoms with E-state index in [1.54, 1.807) is 0 Å². The van der Waals surface area contributed by atoms with Gasteiger partial charge in [0.25, 0.3) is 0 Å². The van der Waals surface area contributed by atoms with Gasteiger partial charge in [-0.05, 0) is 67.2 Å². The van der Waals surface area contributed by atoms with Crippen LogP contribution in [0.1, 0.15) is 30.2 Å². The van der Waals surface area contributed by atoms with Crippen molar-refractivity contribution in [3.63, 3.8) is 0 Å². The van der Waals surface area contributed by atoms with Crippen LogP contribution in [-0.4, -0.2) is 32.6 Å². The van der Waals surface area contributed by atoms with E-state index in [4.69, 9.17) is 5.73 Å². The van der Waals surface area contributed by atoms with Gasteiger partial charge in [-0.15, -0.1) is 0 Å². The minimum atomic E-state index is -0.512. The topological polar surface area (TPSA) is 84.1 Å². The van der Waals surface area contributed by atoms with E-state index < -0.39 is 6.10 Å². The van der Waals surface area contributed by atoms with Crippen molar-refractivity contribution in [1.29, 1.82) is 0 Å². The van der Waals surface area contributed by atoms with Crippen LogP contribution in [0.5, 0.6) is 0 Å². The molecule has 4 N–H and O–H groups in total. The Morgan fingerprint density at radius 2 is 2.18 bits per heavy atom. The molecule has 2 saturated carbocycles. The van der Waals surface area contributed by atoms with Gasteiger partial charge < -0.3 is 16.2 Å². The quantitative estimate of drug-likeness (QED) is 0.681. The van der Waals surface area contributed by atoms with Crippen molar-refractivity contribution in [3.05, 3.63) is 47.5 Å². The minimum Gasteiger partial charge on any atom is -0.388 e. The van der Waals surface area contributed by atoms with Crippen LogP contribution in [0, 0.1) is 29.5 Å². The van der Waals surface area contributed by atoms with Crippen molar-refractivity contribution in [2.75, 3.05) is 17.6 Å². The number of halogens is 1. The van der Waals surface area contributed by atoms with E-state index in [0.29, 0.717) is 59.3 Å². The van der Waals surface area contributed by atoms with Crippen molar-refractivity contribution >= 4 is 23.4 Å². The predicted octanol–water partition coefficient (Wildman–Crippen LogP) is 3.28. The Bertz CT molecular complexity index is 881. The lowest BCUT2D eigenvalue weighted by molar-refractivity contribution is 0.202.